The van der Waals surface area contributed by atoms with E-state index in [0.717, 1.165) is 5.56 Å². The number of nitrogens with one attached hydrogen (secondary N) is 1. The molecular formula is C15H21N3O2. The second kappa shape index (κ2) is 5.61. The third-order valence-electron chi connectivity index (χ3n) is 3.54. The van der Waals surface area contributed by atoms with Gasteiger partial charge in [0, 0.05) is 18.9 Å². The molecular weight excluding hydrogens is 254 g/mol. The lowest BCUT2D eigenvalue weighted by Crippen LogP contribution is -2.45. The highest BCUT2D eigenvalue weighted by atomic mass is 16.2. The van der Waals surface area contributed by atoms with Crippen LogP contribution in [-0.4, -0.2) is 33.9 Å². The van der Waals surface area contributed by atoms with Gasteiger partial charge in [0.15, 0.2) is 0 Å². The van der Waals surface area contributed by atoms with Gasteiger partial charge in [0.25, 0.3) is 5.91 Å². The fourth-order valence-corrected chi connectivity index (χ4v) is 2.70. The Hall–Kier alpha value is -1.91. The zero-order chi connectivity index (χ0) is 14.8. The fraction of sp³-hybridized carbons (Fsp3) is 0.533. The molecule has 3 amide bonds. The molecule has 0 spiro atoms. The monoisotopic (exact) mass is 275 g/mol. The zero-order valence-corrected chi connectivity index (χ0v) is 12.2. The van der Waals surface area contributed by atoms with Crippen LogP contribution in [0.15, 0.2) is 24.5 Å². The third kappa shape index (κ3) is 2.98. The van der Waals surface area contributed by atoms with Crippen LogP contribution in [0.2, 0.25) is 0 Å². The first kappa shape index (κ1) is 14.5. The first-order valence-corrected chi connectivity index (χ1v) is 6.95. The van der Waals surface area contributed by atoms with E-state index in [1.165, 1.54) is 4.90 Å². The molecule has 20 heavy (non-hydrogen) atoms. The molecule has 2 heterocycles. The van der Waals surface area contributed by atoms with Crippen LogP contribution < -0.4 is 5.32 Å². The largest absolute Gasteiger partial charge is 0.325 e. The van der Waals surface area contributed by atoms with Gasteiger partial charge in [-0.2, -0.15) is 0 Å². The van der Waals surface area contributed by atoms with Gasteiger partial charge in [0.1, 0.15) is 5.54 Å². The van der Waals surface area contributed by atoms with Gasteiger partial charge in [0.2, 0.25) is 0 Å². The Kier molecular flexibility index (Phi) is 4.06. The molecule has 0 radical (unpaired) electrons. The normalized spacial score (nSPS) is 22.5. The summed E-state index contributed by atoms with van der Waals surface area (Å²) in [6.45, 7) is 6.30. The van der Waals surface area contributed by atoms with E-state index >= 15 is 0 Å². The Labute approximate surface area is 119 Å². The van der Waals surface area contributed by atoms with Crippen molar-refractivity contribution < 1.29 is 9.59 Å². The maximum atomic E-state index is 12.4. The molecule has 0 unspecified atom stereocenters. The zero-order valence-electron chi connectivity index (χ0n) is 12.2. The number of imide groups is 1. The average Bonchev–Trinajstić information content (AvgIpc) is 2.58. The summed E-state index contributed by atoms with van der Waals surface area (Å²) in [5.74, 6) is 0.231. The summed E-state index contributed by atoms with van der Waals surface area (Å²) in [6.07, 6.45) is 4.73. The summed E-state index contributed by atoms with van der Waals surface area (Å²) in [4.78, 5) is 29.7. The topological polar surface area (TPSA) is 62.3 Å². The van der Waals surface area contributed by atoms with Crippen LogP contribution in [0.4, 0.5) is 4.79 Å². The van der Waals surface area contributed by atoms with Gasteiger partial charge >= 0.3 is 6.03 Å². The number of pyridine rings is 1. The molecule has 0 aromatic carbocycles. The Morgan fingerprint density at radius 1 is 1.30 bits per heavy atom. The molecule has 1 aromatic heterocycles. The smallest absolute Gasteiger partial charge is 0.323 e. The van der Waals surface area contributed by atoms with E-state index in [9.17, 15) is 9.59 Å². The number of carbonyl (C=O) groups is 2. The third-order valence-corrected chi connectivity index (χ3v) is 3.54. The maximum Gasteiger partial charge on any atom is 0.325 e. The highest BCUT2D eigenvalue weighted by Crippen LogP contribution is 2.25. The predicted molar refractivity (Wildman–Crippen MR) is 76.0 cm³/mol. The molecule has 1 saturated heterocycles. The number of rotatable bonds is 5. The minimum absolute atomic E-state index is 0.120. The quantitative estimate of drug-likeness (QED) is 0.836. The lowest BCUT2D eigenvalue weighted by atomic mass is 9.91. The van der Waals surface area contributed by atoms with E-state index in [1.54, 1.807) is 19.3 Å². The number of amides is 3. The fourth-order valence-electron chi connectivity index (χ4n) is 2.70. The molecule has 1 aliphatic heterocycles. The molecule has 5 nitrogen and oxygen atoms in total. The van der Waals surface area contributed by atoms with E-state index in [4.69, 9.17) is 0 Å². The van der Waals surface area contributed by atoms with Gasteiger partial charge in [-0.05, 0) is 43.4 Å². The van der Waals surface area contributed by atoms with Gasteiger partial charge in [-0.3, -0.25) is 14.7 Å². The van der Waals surface area contributed by atoms with Crippen LogP contribution in [0.1, 0.15) is 32.8 Å². The van der Waals surface area contributed by atoms with Crippen molar-refractivity contribution in [3.8, 4) is 0 Å². The molecule has 1 fully saturated rings. The number of carbonyl (C=O) groups excluding carboxylic acids is 2. The molecule has 1 aromatic rings. The number of nitrogens with zero attached hydrogens (tertiary/aromatic N) is 2. The lowest BCUT2D eigenvalue weighted by Gasteiger charge is -2.23. The Morgan fingerprint density at radius 2 is 1.95 bits per heavy atom. The molecule has 2 rings (SSSR count). The van der Waals surface area contributed by atoms with Crippen molar-refractivity contribution in [1.29, 1.82) is 0 Å². The van der Waals surface area contributed by atoms with Crippen LogP contribution >= 0.6 is 0 Å². The standard InChI is InChI=1S/C15H21N3O2/c1-11(2)10-15(3)13(19)18(14(20)17-15)9-6-12-4-7-16-8-5-12/h4-5,7-8,11H,6,9-10H2,1-3H3,(H,17,20)/t15-/m1/s1. The highest BCUT2D eigenvalue weighted by molar-refractivity contribution is 6.06. The molecule has 1 aliphatic rings. The van der Waals surface area contributed by atoms with E-state index in [2.05, 4.69) is 10.3 Å². The SMILES string of the molecule is CC(C)C[C@@]1(C)NC(=O)N(CCc2ccncc2)C1=O. The molecule has 5 heteroatoms. The van der Waals surface area contributed by atoms with Crippen LogP contribution in [0.3, 0.4) is 0 Å². The van der Waals surface area contributed by atoms with Crippen molar-refractivity contribution in [2.45, 2.75) is 39.2 Å². The van der Waals surface area contributed by atoms with Crippen molar-refractivity contribution >= 4 is 11.9 Å². The Morgan fingerprint density at radius 3 is 2.55 bits per heavy atom. The van der Waals surface area contributed by atoms with E-state index in [0.29, 0.717) is 25.3 Å². The summed E-state index contributed by atoms with van der Waals surface area (Å²) in [5.41, 5.74) is 0.307. The highest BCUT2D eigenvalue weighted by Gasteiger charge is 2.47. The van der Waals surface area contributed by atoms with Crippen molar-refractivity contribution in [3.63, 3.8) is 0 Å². The second-order valence-corrected chi connectivity index (χ2v) is 5.92. The van der Waals surface area contributed by atoms with Crippen LogP contribution in [-0.2, 0) is 11.2 Å². The molecule has 108 valence electrons. The van der Waals surface area contributed by atoms with Gasteiger partial charge in [-0.1, -0.05) is 13.8 Å². The molecule has 0 bridgehead atoms. The molecule has 1 N–H and O–H groups in total. The van der Waals surface area contributed by atoms with Crippen LogP contribution in [0, 0.1) is 5.92 Å². The summed E-state index contributed by atoms with van der Waals surface area (Å²) in [7, 11) is 0. The minimum atomic E-state index is -0.760. The maximum absolute atomic E-state index is 12.4. The van der Waals surface area contributed by atoms with E-state index in [1.807, 2.05) is 26.0 Å². The van der Waals surface area contributed by atoms with Crippen LogP contribution in [0.25, 0.3) is 0 Å². The molecule has 1 atom stereocenters. The second-order valence-electron chi connectivity index (χ2n) is 5.92. The molecule has 0 saturated carbocycles. The summed E-state index contributed by atoms with van der Waals surface area (Å²) >= 11 is 0. The number of urea groups is 1. The van der Waals surface area contributed by atoms with Gasteiger partial charge in [0.05, 0.1) is 0 Å². The van der Waals surface area contributed by atoms with Gasteiger partial charge in [-0.25, -0.2) is 4.79 Å². The first-order valence-electron chi connectivity index (χ1n) is 6.95. The number of hydrogen-bond acceptors (Lipinski definition) is 3. The Bertz CT molecular complexity index is 501. The first-order chi connectivity index (χ1) is 9.42. The summed E-state index contributed by atoms with van der Waals surface area (Å²) < 4.78 is 0. The van der Waals surface area contributed by atoms with Crippen LogP contribution in [0.5, 0.6) is 0 Å². The van der Waals surface area contributed by atoms with Crippen molar-refractivity contribution in [2.24, 2.45) is 5.92 Å². The predicted octanol–water partition coefficient (Wildman–Crippen LogP) is 1.98. The average molecular weight is 275 g/mol. The van der Waals surface area contributed by atoms with Gasteiger partial charge < -0.3 is 5.32 Å². The van der Waals surface area contributed by atoms with Crippen molar-refractivity contribution in [3.05, 3.63) is 30.1 Å². The van der Waals surface area contributed by atoms with E-state index < -0.39 is 5.54 Å². The minimum Gasteiger partial charge on any atom is -0.323 e. The summed E-state index contributed by atoms with van der Waals surface area (Å²) in [6, 6.07) is 3.50. The van der Waals surface area contributed by atoms with E-state index in [-0.39, 0.29) is 11.9 Å². The summed E-state index contributed by atoms with van der Waals surface area (Å²) in [5, 5.41) is 2.82. The number of aromatic nitrogens is 1. The van der Waals surface area contributed by atoms with Crippen molar-refractivity contribution in [2.75, 3.05) is 6.54 Å². The van der Waals surface area contributed by atoms with Crippen molar-refractivity contribution in [1.82, 2.24) is 15.2 Å². The van der Waals surface area contributed by atoms with Gasteiger partial charge in [-0.15, -0.1) is 0 Å². The number of hydrogen-bond donors (Lipinski definition) is 1. The molecule has 0 aliphatic carbocycles. The lowest BCUT2D eigenvalue weighted by molar-refractivity contribution is -0.131. The Balaban J connectivity index is 2.02.